The fourth-order valence-corrected chi connectivity index (χ4v) is 5.99. The summed E-state index contributed by atoms with van der Waals surface area (Å²) in [6, 6.07) is 16.8. The lowest BCUT2D eigenvalue weighted by molar-refractivity contribution is 0.0664. The molecular weight excluding hydrogens is 501 g/mol. The Hall–Kier alpha value is -3.03. The van der Waals surface area contributed by atoms with Gasteiger partial charge in [-0.25, -0.2) is 4.39 Å². The van der Waals surface area contributed by atoms with Gasteiger partial charge in [0.05, 0.1) is 10.7 Å². The minimum atomic E-state index is -0.233. The third kappa shape index (κ3) is 5.54. The fourth-order valence-electron chi connectivity index (χ4n) is 5.74. The minimum Gasteiger partial charge on any atom is -0.369 e. The highest BCUT2D eigenvalue weighted by Crippen LogP contribution is 2.27. The van der Waals surface area contributed by atoms with Crippen molar-refractivity contribution < 1.29 is 9.18 Å². The third-order valence-corrected chi connectivity index (χ3v) is 8.43. The van der Waals surface area contributed by atoms with Crippen LogP contribution < -0.4 is 9.80 Å². The van der Waals surface area contributed by atoms with Gasteiger partial charge in [-0.2, -0.15) is 0 Å². The zero-order valence-electron chi connectivity index (χ0n) is 22.5. The van der Waals surface area contributed by atoms with Gasteiger partial charge >= 0.3 is 0 Å². The van der Waals surface area contributed by atoms with E-state index >= 15 is 0 Å². The molecule has 38 heavy (non-hydrogen) atoms. The molecule has 2 fully saturated rings. The molecule has 0 bridgehead atoms. The largest absolute Gasteiger partial charge is 0.369 e. The normalized spacial score (nSPS) is 19.1. The van der Waals surface area contributed by atoms with Crippen molar-refractivity contribution >= 4 is 28.9 Å². The molecule has 202 valence electrons. The SMILES string of the molecule is Cc1c(CN2CCCN(c3ccccc3Cl)CC2)cc(C(=O)N2CCN(c3ccc(F)cc3)C[C@@H]2C)n1C. The van der Waals surface area contributed by atoms with Crippen molar-refractivity contribution in [1.29, 1.82) is 0 Å². The maximum Gasteiger partial charge on any atom is 0.270 e. The van der Waals surface area contributed by atoms with Crippen LogP contribution in [-0.4, -0.2) is 72.1 Å². The van der Waals surface area contributed by atoms with Crippen molar-refractivity contribution in [3.05, 3.63) is 82.4 Å². The number of anilines is 2. The van der Waals surface area contributed by atoms with Gasteiger partial charge in [0.1, 0.15) is 11.5 Å². The maximum atomic E-state index is 13.7. The third-order valence-electron chi connectivity index (χ3n) is 8.11. The van der Waals surface area contributed by atoms with Crippen LogP contribution in [0.4, 0.5) is 15.8 Å². The Labute approximate surface area is 230 Å². The molecular formula is C30H37ClFN5O. The van der Waals surface area contributed by atoms with Crippen LogP contribution in [0.25, 0.3) is 0 Å². The number of halogens is 2. The Bertz CT molecular complexity index is 1280. The highest BCUT2D eigenvalue weighted by Gasteiger charge is 2.30. The highest BCUT2D eigenvalue weighted by atomic mass is 35.5. The number of rotatable bonds is 5. The predicted molar refractivity (Wildman–Crippen MR) is 153 cm³/mol. The number of hydrogen-bond acceptors (Lipinski definition) is 4. The van der Waals surface area contributed by atoms with Gasteiger partial charge < -0.3 is 19.3 Å². The summed E-state index contributed by atoms with van der Waals surface area (Å²) in [6.45, 7) is 11.0. The molecule has 0 radical (unpaired) electrons. The lowest BCUT2D eigenvalue weighted by atomic mass is 10.1. The Morgan fingerprint density at radius 2 is 1.71 bits per heavy atom. The number of para-hydroxylation sites is 1. The summed E-state index contributed by atoms with van der Waals surface area (Å²) in [7, 11) is 1.99. The van der Waals surface area contributed by atoms with E-state index < -0.39 is 0 Å². The smallest absolute Gasteiger partial charge is 0.270 e. The van der Waals surface area contributed by atoms with Crippen LogP contribution in [0.15, 0.2) is 54.6 Å². The summed E-state index contributed by atoms with van der Waals surface area (Å²) in [5.41, 5.74) is 5.19. The average molecular weight is 538 g/mol. The molecule has 0 unspecified atom stereocenters. The molecule has 1 aromatic heterocycles. The second-order valence-electron chi connectivity index (χ2n) is 10.5. The number of nitrogens with zero attached hydrogens (tertiary/aromatic N) is 5. The van der Waals surface area contributed by atoms with Crippen LogP contribution in [-0.2, 0) is 13.6 Å². The molecule has 0 spiro atoms. The Kier molecular flexibility index (Phi) is 7.96. The molecule has 6 nitrogen and oxygen atoms in total. The van der Waals surface area contributed by atoms with Crippen molar-refractivity contribution in [3.63, 3.8) is 0 Å². The van der Waals surface area contributed by atoms with Gasteiger partial charge in [-0.05, 0) is 68.3 Å². The average Bonchev–Trinajstić information content (AvgIpc) is 3.06. The minimum absolute atomic E-state index is 0.0568. The van der Waals surface area contributed by atoms with Crippen LogP contribution in [0.2, 0.25) is 5.02 Å². The quantitative estimate of drug-likeness (QED) is 0.449. The lowest BCUT2D eigenvalue weighted by Crippen LogP contribution is -2.54. The second kappa shape index (κ2) is 11.4. The zero-order valence-corrected chi connectivity index (χ0v) is 23.3. The molecule has 1 amide bonds. The molecule has 2 saturated heterocycles. The number of carbonyl (C=O) groups excluding carboxylic acids is 1. The zero-order chi connectivity index (χ0) is 26.8. The number of hydrogen-bond donors (Lipinski definition) is 0. The lowest BCUT2D eigenvalue weighted by Gasteiger charge is -2.41. The maximum absolute atomic E-state index is 13.7. The highest BCUT2D eigenvalue weighted by molar-refractivity contribution is 6.33. The van der Waals surface area contributed by atoms with Gasteiger partial charge in [-0.3, -0.25) is 9.69 Å². The van der Waals surface area contributed by atoms with Crippen LogP contribution in [0.3, 0.4) is 0 Å². The molecule has 0 N–H and O–H groups in total. The summed E-state index contributed by atoms with van der Waals surface area (Å²) < 4.78 is 15.4. The Morgan fingerprint density at radius 1 is 0.974 bits per heavy atom. The molecule has 1 atom stereocenters. The van der Waals surface area contributed by atoms with E-state index in [0.717, 1.165) is 80.0 Å². The van der Waals surface area contributed by atoms with E-state index in [1.165, 1.54) is 17.7 Å². The van der Waals surface area contributed by atoms with E-state index in [0.29, 0.717) is 6.54 Å². The summed E-state index contributed by atoms with van der Waals surface area (Å²) in [5, 5.41) is 0.802. The summed E-state index contributed by atoms with van der Waals surface area (Å²) in [4.78, 5) is 22.7. The number of benzene rings is 2. The molecule has 0 saturated carbocycles. The summed E-state index contributed by atoms with van der Waals surface area (Å²) in [5.74, 6) is -0.155. The van der Waals surface area contributed by atoms with Gasteiger partial charge in [0, 0.05) is 76.8 Å². The fraction of sp³-hybridized carbons (Fsp3) is 0.433. The van der Waals surface area contributed by atoms with Gasteiger partial charge in [-0.1, -0.05) is 23.7 Å². The summed E-state index contributed by atoms with van der Waals surface area (Å²) in [6.07, 6.45) is 1.07. The van der Waals surface area contributed by atoms with Crippen molar-refractivity contribution in [3.8, 4) is 0 Å². The first kappa shape index (κ1) is 26.6. The molecule has 2 aliphatic rings. The number of carbonyl (C=O) groups is 1. The monoisotopic (exact) mass is 537 g/mol. The molecule has 3 heterocycles. The number of aromatic nitrogens is 1. The summed E-state index contributed by atoms with van der Waals surface area (Å²) >= 11 is 6.46. The van der Waals surface area contributed by atoms with E-state index in [4.69, 9.17) is 11.6 Å². The standard InChI is InChI=1S/C30H37ClFN5O/c1-22-20-36(26-11-9-25(32)10-12-26)17-18-37(22)30(38)29-19-24(23(2)33(29)3)21-34-13-6-14-35(16-15-34)28-8-5-4-7-27(28)31/h4-5,7-12,19,22H,6,13-18,20-21H2,1-3H3/t22-/m0/s1. The van der Waals surface area contributed by atoms with Crippen molar-refractivity contribution in [2.45, 2.75) is 32.9 Å². The second-order valence-corrected chi connectivity index (χ2v) is 10.9. The van der Waals surface area contributed by atoms with E-state index in [-0.39, 0.29) is 17.8 Å². The van der Waals surface area contributed by atoms with Crippen LogP contribution in [0.1, 0.15) is 35.1 Å². The molecule has 0 aliphatic carbocycles. The van der Waals surface area contributed by atoms with Crippen LogP contribution in [0, 0.1) is 12.7 Å². The van der Waals surface area contributed by atoms with Crippen molar-refractivity contribution in [2.75, 3.05) is 55.6 Å². The van der Waals surface area contributed by atoms with E-state index in [9.17, 15) is 9.18 Å². The molecule has 2 aliphatic heterocycles. The van der Waals surface area contributed by atoms with Crippen molar-refractivity contribution in [2.24, 2.45) is 7.05 Å². The first-order valence-electron chi connectivity index (χ1n) is 13.5. The molecule has 8 heteroatoms. The van der Waals surface area contributed by atoms with E-state index in [1.54, 1.807) is 0 Å². The Morgan fingerprint density at radius 3 is 2.45 bits per heavy atom. The van der Waals surface area contributed by atoms with Crippen LogP contribution in [0.5, 0.6) is 0 Å². The predicted octanol–water partition coefficient (Wildman–Crippen LogP) is 5.19. The topological polar surface area (TPSA) is 35.0 Å². The van der Waals surface area contributed by atoms with Gasteiger partial charge in [0.2, 0.25) is 0 Å². The van der Waals surface area contributed by atoms with Crippen molar-refractivity contribution in [1.82, 2.24) is 14.4 Å². The van der Waals surface area contributed by atoms with E-state index in [2.05, 4.69) is 40.7 Å². The molecule has 3 aromatic rings. The van der Waals surface area contributed by atoms with Gasteiger partial charge in [0.15, 0.2) is 0 Å². The van der Waals surface area contributed by atoms with Crippen LogP contribution >= 0.6 is 11.6 Å². The Balaban J connectivity index is 1.23. The number of amides is 1. The van der Waals surface area contributed by atoms with Gasteiger partial charge in [0.25, 0.3) is 5.91 Å². The van der Waals surface area contributed by atoms with E-state index in [1.807, 2.05) is 46.8 Å². The van der Waals surface area contributed by atoms with Gasteiger partial charge in [-0.15, -0.1) is 0 Å². The molecule has 5 rings (SSSR count). The first-order valence-corrected chi connectivity index (χ1v) is 13.9. The number of piperazine rings is 1. The first-order chi connectivity index (χ1) is 18.3. The molecule has 2 aromatic carbocycles.